The van der Waals surface area contributed by atoms with E-state index in [9.17, 15) is 4.79 Å². The molecule has 1 aliphatic carbocycles. The highest BCUT2D eigenvalue weighted by Gasteiger charge is 2.34. The molecule has 2 saturated heterocycles. The van der Waals surface area contributed by atoms with Gasteiger partial charge in [-0.3, -0.25) is 10.2 Å². The number of hydrazine groups is 1. The van der Waals surface area contributed by atoms with Gasteiger partial charge < -0.3 is 10.2 Å². The first kappa shape index (κ1) is 14.3. The monoisotopic (exact) mass is 280 g/mol. The summed E-state index contributed by atoms with van der Waals surface area (Å²) >= 11 is 0. The highest BCUT2D eigenvalue weighted by Crippen LogP contribution is 2.32. The van der Waals surface area contributed by atoms with Crippen LogP contribution in [0.2, 0.25) is 0 Å². The normalized spacial score (nSPS) is 36.4. The van der Waals surface area contributed by atoms with E-state index in [1.807, 2.05) is 0 Å². The van der Waals surface area contributed by atoms with Crippen LogP contribution in [0.15, 0.2) is 0 Å². The van der Waals surface area contributed by atoms with Gasteiger partial charge in [0.15, 0.2) is 0 Å². The standard InChI is InChI=1S/C15H28N4O/c1-18-8-10-19(11-9-18)17-15(20)14-7-6-12-4-2-3-5-13(12)16-14/h12-14,16H,2-11H2,1H3,(H,17,20). The number of piperidine rings is 1. The number of nitrogens with zero attached hydrogens (tertiary/aromatic N) is 2. The van der Waals surface area contributed by atoms with Crippen LogP contribution >= 0.6 is 0 Å². The van der Waals surface area contributed by atoms with Gasteiger partial charge in [-0.2, -0.15) is 0 Å². The molecule has 3 fully saturated rings. The molecule has 0 bridgehead atoms. The molecule has 3 aliphatic rings. The fourth-order valence-electron chi connectivity index (χ4n) is 3.85. The fraction of sp³-hybridized carbons (Fsp3) is 0.933. The third-order valence-electron chi connectivity index (χ3n) is 5.24. The van der Waals surface area contributed by atoms with Crippen molar-refractivity contribution in [3.8, 4) is 0 Å². The lowest BCUT2D eigenvalue weighted by atomic mass is 9.77. The minimum Gasteiger partial charge on any atom is -0.304 e. The van der Waals surface area contributed by atoms with Gasteiger partial charge in [0.25, 0.3) is 5.91 Å². The summed E-state index contributed by atoms with van der Waals surface area (Å²) in [6, 6.07) is 0.606. The molecule has 0 aromatic rings. The molecule has 3 unspecified atom stereocenters. The maximum atomic E-state index is 12.4. The number of carbonyl (C=O) groups excluding carboxylic acids is 1. The van der Waals surface area contributed by atoms with Gasteiger partial charge >= 0.3 is 0 Å². The summed E-state index contributed by atoms with van der Waals surface area (Å²) in [5.41, 5.74) is 3.11. The molecule has 0 aromatic carbocycles. The SMILES string of the molecule is CN1CCN(NC(=O)C2CCC3CCCCC3N2)CC1. The number of amides is 1. The molecule has 2 N–H and O–H groups in total. The highest BCUT2D eigenvalue weighted by atomic mass is 16.2. The first-order valence-electron chi connectivity index (χ1n) is 8.22. The van der Waals surface area contributed by atoms with Gasteiger partial charge in [0, 0.05) is 32.2 Å². The van der Waals surface area contributed by atoms with Crippen molar-refractivity contribution in [2.24, 2.45) is 5.92 Å². The number of piperazine rings is 1. The smallest absolute Gasteiger partial charge is 0.251 e. The molecule has 2 heterocycles. The Morgan fingerprint density at radius 1 is 1.05 bits per heavy atom. The molecule has 114 valence electrons. The lowest BCUT2D eigenvalue weighted by Crippen LogP contribution is -2.59. The average molecular weight is 280 g/mol. The summed E-state index contributed by atoms with van der Waals surface area (Å²) in [6.07, 6.45) is 7.52. The van der Waals surface area contributed by atoms with Gasteiger partial charge in [0.05, 0.1) is 6.04 Å². The molecule has 3 atom stereocenters. The van der Waals surface area contributed by atoms with Crippen molar-refractivity contribution in [3.63, 3.8) is 0 Å². The molecule has 3 rings (SSSR count). The topological polar surface area (TPSA) is 47.6 Å². The minimum absolute atomic E-state index is 0.0222. The zero-order valence-electron chi connectivity index (χ0n) is 12.6. The first-order chi connectivity index (χ1) is 9.72. The summed E-state index contributed by atoms with van der Waals surface area (Å²) in [4.78, 5) is 14.7. The number of carbonyl (C=O) groups is 1. The second-order valence-electron chi connectivity index (χ2n) is 6.71. The number of fused-ring (bicyclic) bond motifs is 1. The Bertz CT molecular complexity index is 341. The molecule has 0 spiro atoms. The summed E-state index contributed by atoms with van der Waals surface area (Å²) < 4.78 is 0. The zero-order valence-corrected chi connectivity index (χ0v) is 12.6. The number of rotatable bonds is 2. The third kappa shape index (κ3) is 3.32. The first-order valence-corrected chi connectivity index (χ1v) is 8.22. The predicted molar refractivity (Wildman–Crippen MR) is 79.1 cm³/mol. The van der Waals surface area contributed by atoms with E-state index in [1.54, 1.807) is 0 Å². The second kappa shape index (κ2) is 6.41. The second-order valence-corrected chi connectivity index (χ2v) is 6.71. The van der Waals surface area contributed by atoms with Crippen LogP contribution < -0.4 is 10.7 Å². The van der Waals surface area contributed by atoms with Crippen LogP contribution in [0.3, 0.4) is 0 Å². The molecular weight excluding hydrogens is 252 g/mol. The van der Waals surface area contributed by atoms with E-state index in [4.69, 9.17) is 0 Å². The molecule has 20 heavy (non-hydrogen) atoms. The average Bonchev–Trinajstić information content (AvgIpc) is 2.49. The highest BCUT2D eigenvalue weighted by molar-refractivity contribution is 5.81. The molecule has 5 nitrogen and oxygen atoms in total. The van der Waals surface area contributed by atoms with Gasteiger partial charge in [0.1, 0.15) is 0 Å². The Balaban J connectivity index is 1.47. The molecule has 1 amide bonds. The Hall–Kier alpha value is -0.650. The number of hydrogen-bond donors (Lipinski definition) is 2. The predicted octanol–water partition coefficient (Wildman–Crippen LogP) is 0.576. The molecule has 0 radical (unpaired) electrons. The van der Waals surface area contributed by atoms with Crippen LogP contribution in [0.5, 0.6) is 0 Å². The summed E-state index contributed by atoms with van der Waals surface area (Å²) in [7, 11) is 2.13. The van der Waals surface area contributed by atoms with Crippen molar-refractivity contribution in [2.45, 2.75) is 50.6 Å². The van der Waals surface area contributed by atoms with Crippen LogP contribution in [0.1, 0.15) is 38.5 Å². The number of hydrogen-bond acceptors (Lipinski definition) is 4. The van der Waals surface area contributed by atoms with E-state index >= 15 is 0 Å². The van der Waals surface area contributed by atoms with E-state index in [1.165, 1.54) is 32.1 Å². The maximum absolute atomic E-state index is 12.4. The largest absolute Gasteiger partial charge is 0.304 e. The number of likely N-dealkylation sites (N-methyl/N-ethyl adjacent to an activating group) is 1. The van der Waals surface area contributed by atoms with E-state index < -0.39 is 0 Å². The van der Waals surface area contributed by atoms with Crippen LogP contribution in [0.4, 0.5) is 0 Å². The molecule has 2 aliphatic heterocycles. The Kier molecular flexibility index (Phi) is 4.58. The molecule has 0 aromatic heterocycles. The lowest BCUT2D eigenvalue weighted by Gasteiger charge is -2.41. The van der Waals surface area contributed by atoms with Crippen LogP contribution in [-0.2, 0) is 4.79 Å². The van der Waals surface area contributed by atoms with Crippen LogP contribution in [0.25, 0.3) is 0 Å². The van der Waals surface area contributed by atoms with E-state index in [0.29, 0.717) is 6.04 Å². The van der Waals surface area contributed by atoms with Crippen molar-refractivity contribution in [3.05, 3.63) is 0 Å². The van der Waals surface area contributed by atoms with Crippen molar-refractivity contribution in [2.75, 3.05) is 33.2 Å². The van der Waals surface area contributed by atoms with Gasteiger partial charge in [-0.05, 0) is 38.6 Å². The molecule has 1 saturated carbocycles. The summed E-state index contributed by atoms with van der Waals surface area (Å²) in [5, 5.41) is 5.68. The van der Waals surface area contributed by atoms with Gasteiger partial charge in [-0.15, -0.1) is 0 Å². The van der Waals surface area contributed by atoms with Gasteiger partial charge in [-0.25, -0.2) is 5.01 Å². The summed E-state index contributed by atoms with van der Waals surface area (Å²) in [6.45, 7) is 3.92. The zero-order chi connectivity index (χ0) is 13.9. The van der Waals surface area contributed by atoms with E-state index in [-0.39, 0.29) is 11.9 Å². The van der Waals surface area contributed by atoms with Crippen molar-refractivity contribution >= 4 is 5.91 Å². The van der Waals surface area contributed by atoms with Crippen molar-refractivity contribution < 1.29 is 4.79 Å². The summed E-state index contributed by atoms with van der Waals surface area (Å²) in [5.74, 6) is 0.995. The van der Waals surface area contributed by atoms with Gasteiger partial charge in [-0.1, -0.05) is 12.8 Å². The minimum atomic E-state index is 0.0222. The third-order valence-corrected chi connectivity index (χ3v) is 5.24. The van der Waals surface area contributed by atoms with Crippen molar-refractivity contribution in [1.82, 2.24) is 20.7 Å². The maximum Gasteiger partial charge on any atom is 0.251 e. The Labute approximate surface area is 122 Å². The molecule has 5 heteroatoms. The van der Waals surface area contributed by atoms with E-state index in [2.05, 4.69) is 27.7 Å². The Morgan fingerprint density at radius 2 is 1.80 bits per heavy atom. The van der Waals surface area contributed by atoms with Gasteiger partial charge in [0.2, 0.25) is 0 Å². The number of nitrogens with one attached hydrogen (secondary N) is 2. The molecular formula is C15H28N4O. The quantitative estimate of drug-likeness (QED) is 0.777. The fourth-order valence-corrected chi connectivity index (χ4v) is 3.85. The van der Waals surface area contributed by atoms with Crippen LogP contribution in [0, 0.1) is 5.92 Å². The lowest BCUT2D eigenvalue weighted by molar-refractivity contribution is -0.130. The van der Waals surface area contributed by atoms with E-state index in [0.717, 1.165) is 38.5 Å². The Morgan fingerprint density at radius 3 is 2.60 bits per heavy atom. The van der Waals surface area contributed by atoms with Crippen LogP contribution in [-0.4, -0.2) is 61.1 Å². The van der Waals surface area contributed by atoms with Crippen molar-refractivity contribution in [1.29, 1.82) is 0 Å².